The molecule has 0 bridgehead atoms. The number of hydrogen-bond acceptors (Lipinski definition) is 4. The van der Waals surface area contributed by atoms with Crippen molar-refractivity contribution in [1.29, 1.82) is 0 Å². The van der Waals surface area contributed by atoms with Gasteiger partial charge in [0.25, 0.3) is 5.91 Å². The predicted molar refractivity (Wildman–Crippen MR) is 103 cm³/mol. The van der Waals surface area contributed by atoms with Gasteiger partial charge in [0.2, 0.25) is 5.91 Å². The zero-order valence-electron chi connectivity index (χ0n) is 15.4. The van der Waals surface area contributed by atoms with E-state index in [0.717, 1.165) is 11.4 Å². The van der Waals surface area contributed by atoms with Gasteiger partial charge in [-0.05, 0) is 17.4 Å². The fourth-order valence-electron chi connectivity index (χ4n) is 3.28. The maximum absolute atomic E-state index is 12.7. The van der Waals surface area contributed by atoms with E-state index < -0.39 is 0 Å². The second kappa shape index (κ2) is 7.58. The predicted octanol–water partition coefficient (Wildman–Crippen LogP) is 3.16. The van der Waals surface area contributed by atoms with Gasteiger partial charge in [0, 0.05) is 12.8 Å². The molecule has 0 spiro atoms. The average molecular weight is 372 g/mol. The van der Waals surface area contributed by atoms with Crippen LogP contribution in [0.3, 0.4) is 0 Å². The van der Waals surface area contributed by atoms with Gasteiger partial charge in [0.05, 0.1) is 23.3 Å². The molecular formula is C20H25N3O2S. The Bertz CT molecular complexity index is 780. The summed E-state index contributed by atoms with van der Waals surface area (Å²) in [5.41, 5.74) is 1.05. The summed E-state index contributed by atoms with van der Waals surface area (Å²) in [4.78, 5) is 29.5. The van der Waals surface area contributed by atoms with Crippen molar-refractivity contribution in [1.82, 2.24) is 15.6 Å². The van der Waals surface area contributed by atoms with E-state index in [-0.39, 0.29) is 29.3 Å². The van der Waals surface area contributed by atoms with Gasteiger partial charge in [-0.2, -0.15) is 0 Å². The molecule has 0 aliphatic carbocycles. The second-order valence-corrected chi connectivity index (χ2v) is 8.93. The minimum absolute atomic E-state index is 0.0540. The van der Waals surface area contributed by atoms with Gasteiger partial charge < -0.3 is 10.6 Å². The molecule has 1 fully saturated rings. The van der Waals surface area contributed by atoms with Gasteiger partial charge in [-0.15, -0.1) is 11.3 Å². The molecule has 1 saturated heterocycles. The first-order chi connectivity index (χ1) is 12.3. The molecule has 0 unspecified atom stereocenters. The molecule has 5 nitrogen and oxygen atoms in total. The Kier molecular flexibility index (Phi) is 5.41. The quantitative estimate of drug-likeness (QED) is 0.867. The van der Waals surface area contributed by atoms with Crippen LogP contribution >= 0.6 is 11.3 Å². The van der Waals surface area contributed by atoms with Gasteiger partial charge in [-0.1, -0.05) is 51.1 Å². The molecule has 1 aliphatic rings. The van der Waals surface area contributed by atoms with Crippen LogP contribution in [-0.4, -0.2) is 28.9 Å². The Labute approximate surface area is 158 Å². The molecule has 0 radical (unpaired) electrons. The molecule has 138 valence electrons. The van der Waals surface area contributed by atoms with E-state index in [0.29, 0.717) is 17.7 Å². The molecule has 2 atom stereocenters. The molecule has 3 rings (SSSR count). The van der Waals surface area contributed by atoms with Crippen LogP contribution in [0.1, 0.15) is 53.9 Å². The number of hydrogen-bond donors (Lipinski definition) is 2. The van der Waals surface area contributed by atoms with Crippen LogP contribution in [0, 0.1) is 5.41 Å². The highest BCUT2D eigenvalue weighted by Crippen LogP contribution is 2.27. The molecule has 2 aromatic rings. The molecular weight excluding hydrogens is 346 g/mol. The fourth-order valence-corrected chi connectivity index (χ4v) is 4.14. The van der Waals surface area contributed by atoms with Crippen molar-refractivity contribution in [2.75, 3.05) is 0 Å². The van der Waals surface area contributed by atoms with Gasteiger partial charge in [-0.25, -0.2) is 4.98 Å². The van der Waals surface area contributed by atoms with Gasteiger partial charge in [0.15, 0.2) is 0 Å². The van der Waals surface area contributed by atoms with E-state index in [9.17, 15) is 9.59 Å². The van der Waals surface area contributed by atoms with E-state index in [1.54, 1.807) is 6.20 Å². The number of amides is 2. The highest BCUT2D eigenvalue weighted by atomic mass is 32.1. The molecule has 0 saturated carbocycles. The molecule has 1 aromatic carbocycles. The zero-order chi connectivity index (χ0) is 18.7. The average Bonchev–Trinajstić information content (AvgIpc) is 3.05. The number of piperidine rings is 1. The van der Waals surface area contributed by atoms with Crippen LogP contribution in [0.2, 0.25) is 0 Å². The highest BCUT2D eigenvalue weighted by molar-refractivity contribution is 7.13. The Morgan fingerprint density at radius 1 is 1.31 bits per heavy atom. The third-order valence-electron chi connectivity index (χ3n) is 4.63. The molecule has 2 heterocycles. The zero-order valence-corrected chi connectivity index (χ0v) is 16.2. The first-order valence-electron chi connectivity index (χ1n) is 8.92. The van der Waals surface area contributed by atoms with Crippen molar-refractivity contribution in [2.24, 2.45) is 5.41 Å². The van der Waals surface area contributed by atoms with E-state index in [2.05, 4.69) is 48.5 Å². The summed E-state index contributed by atoms with van der Waals surface area (Å²) in [5, 5.41) is 7.06. The summed E-state index contributed by atoms with van der Waals surface area (Å²) in [6.45, 7) is 6.23. The van der Waals surface area contributed by atoms with Crippen LogP contribution < -0.4 is 10.6 Å². The smallest absolute Gasteiger partial charge is 0.263 e. The number of nitrogens with one attached hydrogen (secondary N) is 2. The highest BCUT2D eigenvalue weighted by Gasteiger charge is 2.37. The number of rotatable bonds is 4. The summed E-state index contributed by atoms with van der Waals surface area (Å²) in [5.74, 6) is -0.0597. The van der Waals surface area contributed by atoms with E-state index >= 15 is 0 Å². The maximum atomic E-state index is 12.7. The number of nitrogens with zero attached hydrogens (tertiary/aromatic N) is 1. The SMILES string of the molecule is CC(C)(C)[C@@H]1NC(=O)CC[C@H]1NC(=O)c1cnc(Cc2ccccc2)s1. The summed E-state index contributed by atoms with van der Waals surface area (Å²) < 4.78 is 0. The topological polar surface area (TPSA) is 71.1 Å². The first-order valence-corrected chi connectivity index (χ1v) is 9.73. The Morgan fingerprint density at radius 2 is 2.04 bits per heavy atom. The molecule has 26 heavy (non-hydrogen) atoms. The van der Waals surface area contributed by atoms with Crippen LogP contribution in [0.15, 0.2) is 36.5 Å². The lowest BCUT2D eigenvalue weighted by molar-refractivity contribution is -0.125. The van der Waals surface area contributed by atoms with Gasteiger partial charge in [0.1, 0.15) is 4.88 Å². The van der Waals surface area contributed by atoms with Crippen molar-refractivity contribution < 1.29 is 9.59 Å². The van der Waals surface area contributed by atoms with Crippen molar-refractivity contribution in [3.8, 4) is 0 Å². The number of aromatic nitrogens is 1. The summed E-state index contributed by atoms with van der Waals surface area (Å²) >= 11 is 1.42. The molecule has 1 aliphatic heterocycles. The second-order valence-electron chi connectivity index (χ2n) is 7.81. The van der Waals surface area contributed by atoms with Crippen molar-refractivity contribution in [3.63, 3.8) is 0 Å². The van der Waals surface area contributed by atoms with Crippen molar-refractivity contribution in [3.05, 3.63) is 52.0 Å². The van der Waals surface area contributed by atoms with Crippen LogP contribution in [-0.2, 0) is 11.2 Å². The van der Waals surface area contributed by atoms with Gasteiger partial charge >= 0.3 is 0 Å². The lowest BCUT2D eigenvalue weighted by Gasteiger charge is -2.40. The number of thiazole rings is 1. The third-order valence-corrected chi connectivity index (χ3v) is 5.62. The Hall–Kier alpha value is -2.21. The Balaban J connectivity index is 1.67. The van der Waals surface area contributed by atoms with Crippen LogP contribution in [0.5, 0.6) is 0 Å². The number of carbonyl (C=O) groups excluding carboxylic acids is 2. The normalized spacial score (nSPS) is 20.5. The monoisotopic (exact) mass is 371 g/mol. The van der Waals surface area contributed by atoms with Gasteiger partial charge in [-0.3, -0.25) is 9.59 Å². The van der Waals surface area contributed by atoms with Crippen LogP contribution in [0.4, 0.5) is 0 Å². The lowest BCUT2D eigenvalue weighted by Crippen LogP contribution is -2.60. The first kappa shape index (κ1) is 18.6. The molecule has 6 heteroatoms. The summed E-state index contributed by atoms with van der Waals surface area (Å²) in [6, 6.07) is 9.95. The fraction of sp³-hybridized carbons (Fsp3) is 0.450. The minimum atomic E-state index is -0.125. The van der Waals surface area contributed by atoms with Crippen molar-refractivity contribution >= 4 is 23.2 Å². The standard InChI is InChI=1S/C20H25N3O2S/c1-20(2,3)18-14(9-10-16(24)23-18)22-19(25)15-12-21-17(26-15)11-13-7-5-4-6-8-13/h4-8,12,14,18H,9-11H2,1-3H3,(H,22,25)(H,23,24)/t14-,18-/m1/s1. The maximum Gasteiger partial charge on any atom is 0.263 e. The molecule has 1 aromatic heterocycles. The molecule has 2 N–H and O–H groups in total. The Morgan fingerprint density at radius 3 is 2.73 bits per heavy atom. The summed E-state index contributed by atoms with van der Waals surface area (Å²) in [7, 11) is 0. The number of carbonyl (C=O) groups is 2. The van der Waals surface area contributed by atoms with Crippen molar-refractivity contribution in [2.45, 2.75) is 52.1 Å². The summed E-state index contributed by atoms with van der Waals surface area (Å²) in [6.07, 6.45) is 3.48. The lowest BCUT2D eigenvalue weighted by atomic mass is 9.78. The molecule has 2 amide bonds. The minimum Gasteiger partial charge on any atom is -0.351 e. The number of benzene rings is 1. The third kappa shape index (κ3) is 4.49. The van der Waals surface area contributed by atoms with E-state index in [4.69, 9.17) is 0 Å². The van der Waals surface area contributed by atoms with E-state index in [1.807, 2.05) is 18.2 Å². The largest absolute Gasteiger partial charge is 0.351 e. The van der Waals surface area contributed by atoms with Crippen LogP contribution in [0.25, 0.3) is 0 Å². The van der Waals surface area contributed by atoms with E-state index in [1.165, 1.54) is 16.9 Å².